The van der Waals surface area contributed by atoms with E-state index in [1.54, 1.807) is 38.1 Å². The molecule has 11 N–H and O–H groups in total. The number of amides is 3. The van der Waals surface area contributed by atoms with Crippen LogP contribution in [0.4, 0.5) is 0 Å². The van der Waals surface area contributed by atoms with Crippen molar-refractivity contribution in [2.24, 2.45) is 28.1 Å². The standard InChI is InChI=1S/C26H39N9O5/c1-15(2)21(27)24(38)34-19(11-16-7-4-3-5-8-16)23(37)33-18(9-6-10-31-26(28)29)22(36)35-20(25(39)40)12-17-13-30-14-32-17/h3-5,7-8,13-15,18-21H,6,9-12,27H2,1-2H3,(H,30,32)(H,33,37)(H,34,38)(H,35,36)(H,39,40)(H4,28,29,31). The van der Waals surface area contributed by atoms with Gasteiger partial charge in [-0.05, 0) is 24.3 Å². The predicted octanol–water partition coefficient (Wildman–Crippen LogP) is -1.23. The van der Waals surface area contributed by atoms with E-state index in [1.807, 2.05) is 6.07 Å². The number of aliphatic imine (C=N–C) groups is 1. The Morgan fingerprint density at radius 2 is 1.57 bits per heavy atom. The molecule has 1 heterocycles. The molecule has 0 radical (unpaired) electrons. The molecule has 0 bridgehead atoms. The minimum atomic E-state index is -1.28. The van der Waals surface area contributed by atoms with Gasteiger partial charge in [0.15, 0.2) is 5.96 Å². The van der Waals surface area contributed by atoms with Gasteiger partial charge in [0.2, 0.25) is 17.7 Å². The lowest BCUT2D eigenvalue weighted by Crippen LogP contribution is -2.58. The van der Waals surface area contributed by atoms with E-state index in [1.165, 1.54) is 12.5 Å². The van der Waals surface area contributed by atoms with Gasteiger partial charge in [-0.1, -0.05) is 44.2 Å². The maximum atomic E-state index is 13.5. The summed E-state index contributed by atoms with van der Waals surface area (Å²) in [5.74, 6) is -3.40. The first kappa shape index (κ1) is 31.8. The van der Waals surface area contributed by atoms with Crippen molar-refractivity contribution in [2.75, 3.05) is 6.54 Å². The van der Waals surface area contributed by atoms with Crippen LogP contribution in [0.15, 0.2) is 47.8 Å². The van der Waals surface area contributed by atoms with Gasteiger partial charge in [0.05, 0.1) is 12.4 Å². The maximum Gasteiger partial charge on any atom is 0.326 e. The zero-order valence-electron chi connectivity index (χ0n) is 22.7. The zero-order chi connectivity index (χ0) is 29.7. The summed E-state index contributed by atoms with van der Waals surface area (Å²) in [6.45, 7) is 3.76. The summed E-state index contributed by atoms with van der Waals surface area (Å²) in [4.78, 5) is 61.9. The molecule has 0 saturated carbocycles. The first-order chi connectivity index (χ1) is 19.0. The summed E-state index contributed by atoms with van der Waals surface area (Å²) in [5, 5.41) is 17.5. The topological polar surface area (TPSA) is 244 Å². The Morgan fingerprint density at radius 3 is 2.15 bits per heavy atom. The Kier molecular flexibility index (Phi) is 12.6. The van der Waals surface area contributed by atoms with E-state index >= 15 is 0 Å². The third kappa shape index (κ3) is 10.7. The van der Waals surface area contributed by atoms with Crippen molar-refractivity contribution in [3.63, 3.8) is 0 Å². The van der Waals surface area contributed by atoms with Crippen molar-refractivity contribution in [1.29, 1.82) is 0 Å². The molecule has 0 aliphatic heterocycles. The molecule has 0 aliphatic carbocycles. The molecule has 14 heteroatoms. The van der Waals surface area contributed by atoms with Gasteiger partial charge in [0, 0.05) is 31.3 Å². The number of carboxylic acids is 1. The van der Waals surface area contributed by atoms with E-state index in [4.69, 9.17) is 17.2 Å². The predicted molar refractivity (Wildman–Crippen MR) is 149 cm³/mol. The van der Waals surface area contributed by atoms with Crippen molar-refractivity contribution in [1.82, 2.24) is 25.9 Å². The van der Waals surface area contributed by atoms with Gasteiger partial charge in [-0.25, -0.2) is 9.78 Å². The van der Waals surface area contributed by atoms with Crippen LogP contribution in [-0.4, -0.2) is 75.4 Å². The highest BCUT2D eigenvalue weighted by Gasteiger charge is 2.31. The molecular weight excluding hydrogens is 518 g/mol. The zero-order valence-corrected chi connectivity index (χ0v) is 22.7. The smallest absolute Gasteiger partial charge is 0.326 e. The molecule has 4 unspecified atom stereocenters. The number of H-pyrrole nitrogens is 1. The van der Waals surface area contributed by atoms with Gasteiger partial charge >= 0.3 is 5.97 Å². The van der Waals surface area contributed by atoms with Crippen LogP contribution in [0.1, 0.15) is 37.9 Å². The maximum absolute atomic E-state index is 13.5. The van der Waals surface area contributed by atoms with Crippen molar-refractivity contribution in [3.8, 4) is 0 Å². The second-order valence-electron chi connectivity index (χ2n) is 9.71. The first-order valence-corrected chi connectivity index (χ1v) is 12.9. The number of hydrogen-bond acceptors (Lipinski definition) is 7. The average molecular weight is 558 g/mol. The summed E-state index contributed by atoms with van der Waals surface area (Å²) in [6, 6.07) is 4.73. The Labute approximate surface area is 232 Å². The Bertz CT molecular complexity index is 1130. The van der Waals surface area contributed by atoms with Crippen LogP contribution in [0, 0.1) is 5.92 Å². The molecule has 14 nitrogen and oxygen atoms in total. The van der Waals surface area contributed by atoms with Crippen molar-refractivity contribution in [3.05, 3.63) is 54.1 Å². The molecule has 0 spiro atoms. The van der Waals surface area contributed by atoms with Crippen LogP contribution in [-0.2, 0) is 32.0 Å². The summed E-state index contributed by atoms with van der Waals surface area (Å²) >= 11 is 0. The molecule has 0 saturated heterocycles. The number of carbonyl (C=O) groups excluding carboxylic acids is 3. The van der Waals surface area contributed by atoms with E-state index in [-0.39, 0.29) is 37.7 Å². The normalized spacial score (nSPS) is 13.9. The molecule has 3 amide bonds. The quantitative estimate of drug-likeness (QED) is 0.0698. The van der Waals surface area contributed by atoms with Gasteiger partial charge in [0.25, 0.3) is 0 Å². The SMILES string of the molecule is CC(C)C(N)C(=O)NC(Cc1ccccc1)C(=O)NC(CCCN=C(N)N)C(=O)NC(Cc1cnc[nH]1)C(=O)O. The van der Waals surface area contributed by atoms with E-state index in [9.17, 15) is 24.3 Å². The summed E-state index contributed by atoms with van der Waals surface area (Å²) in [7, 11) is 0. The van der Waals surface area contributed by atoms with Crippen LogP contribution in [0.5, 0.6) is 0 Å². The number of aliphatic carboxylic acids is 1. The summed E-state index contributed by atoms with van der Waals surface area (Å²) < 4.78 is 0. The number of benzene rings is 1. The second-order valence-corrected chi connectivity index (χ2v) is 9.71. The molecule has 40 heavy (non-hydrogen) atoms. The minimum Gasteiger partial charge on any atom is -0.480 e. The third-order valence-corrected chi connectivity index (χ3v) is 6.11. The van der Waals surface area contributed by atoms with Crippen molar-refractivity contribution < 1.29 is 24.3 Å². The lowest BCUT2D eigenvalue weighted by Gasteiger charge is -2.26. The number of carboxylic acid groups (broad SMARTS) is 1. The van der Waals surface area contributed by atoms with E-state index in [2.05, 4.69) is 30.9 Å². The highest BCUT2D eigenvalue weighted by molar-refractivity contribution is 5.94. The van der Waals surface area contributed by atoms with Gasteiger partial charge in [-0.3, -0.25) is 19.4 Å². The van der Waals surface area contributed by atoms with Gasteiger partial charge in [0.1, 0.15) is 18.1 Å². The van der Waals surface area contributed by atoms with Crippen molar-refractivity contribution >= 4 is 29.7 Å². The summed E-state index contributed by atoms with van der Waals surface area (Å²) in [5.41, 5.74) is 18.0. The Hall–Kier alpha value is -4.46. The molecular formula is C26H39N9O5. The highest BCUT2D eigenvalue weighted by atomic mass is 16.4. The number of rotatable bonds is 16. The number of nitrogens with zero attached hydrogens (tertiary/aromatic N) is 2. The van der Waals surface area contributed by atoms with Crippen LogP contribution < -0.4 is 33.2 Å². The Morgan fingerprint density at radius 1 is 0.950 bits per heavy atom. The van der Waals surface area contributed by atoms with E-state index in [0.29, 0.717) is 12.1 Å². The summed E-state index contributed by atoms with van der Waals surface area (Å²) in [6.07, 6.45) is 3.35. The number of nitrogens with two attached hydrogens (primary N) is 3. The third-order valence-electron chi connectivity index (χ3n) is 6.11. The fourth-order valence-electron chi connectivity index (χ4n) is 3.76. The highest BCUT2D eigenvalue weighted by Crippen LogP contribution is 2.08. The number of aromatic nitrogens is 2. The first-order valence-electron chi connectivity index (χ1n) is 12.9. The molecule has 0 fully saturated rings. The minimum absolute atomic E-state index is 0.0461. The number of carbonyl (C=O) groups is 4. The lowest BCUT2D eigenvalue weighted by atomic mass is 10.0. The lowest BCUT2D eigenvalue weighted by molar-refractivity contribution is -0.142. The fraction of sp³-hybridized carbons (Fsp3) is 0.462. The van der Waals surface area contributed by atoms with Crippen LogP contribution >= 0.6 is 0 Å². The largest absolute Gasteiger partial charge is 0.480 e. The van der Waals surface area contributed by atoms with Crippen molar-refractivity contribution in [2.45, 2.75) is 63.7 Å². The average Bonchev–Trinajstić information content (AvgIpc) is 3.42. The van der Waals surface area contributed by atoms with Crippen LogP contribution in [0.25, 0.3) is 0 Å². The fourth-order valence-corrected chi connectivity index (χ4v) is 3.76. The molecule has 0 aliphatic rings. The van der Waals surface area contributed by atoms with Crippen LogP contribution in [0.3, 0.4) is 0 Å². The number of guanidine groups is 1. The Balaban J connectivity index is 2.24. The molecule has 218 valence electrons. The van der Waals surface area contributed by atoms with E-state index in [0.717, 1.165) is 5.56 Å². The van der Waals surface area contributed by atoms with Gasteiger partial charge in [-0.15, -0.1) is 0 Å². The van der Waals surface area contributed by atoms with E-state index < -0.39 is 47.9 Å². The molecule has 1 aromatic carbocycles. The number of aromatic amines is 1. The number of nitrogens with one attached hydrogen (secondary N) is 4. The second kappa shape index (κ2) is 15.8. The van der Waals surface area contributed by atoms with Gasteiger partial charge < -0.3 is 43.2 Å². The van der Waals surface area contributed by atoms with Crippen LogP contribution in [0.2, 0.25) is 0 Å². The van der Waals surface area contributed by atoms with Gasteiger partial charge in [-0.2, -0.15) is 0 Å². The molecule has 4 atom stereocenters. The number of imidazole rings is 1. The molecule has 2 aromatic rings. The molecule has 2 rings (SSSR count). The number of hydrogen-bond donors (Lipinski definition) is 8. The molecule has 1 aromatic heterocycles. The monoisotopic (exact) mass is 557 g/mol.